The molecule has 1 N–H and O–H groups in total. The molecule has 1 aromatic rings. The Labute approximate surface area is 103 Å². The third-order valence-electron chi connectivity index (χ3n) is 2.59. The van der Waals surface area contributed by atoms with Gasteiger partial charge in [0.05, 0.1) is 17.5 Å². The van der Waals surface area contributed by atoms with E-state index < -0.39 is 53.1 Å². The van der Waals surface area contributed by atoms with Gasteiger partial charge in [0.25, 0.3) is 0 Å². The predicted molar refractivity (Wildman–Crippen MR) is 52.4 cm³/mol. The summed E-state index contributed by atoms with van der Waals surface area (Å²) >= 11 is 0. The van der Waals surface area contributed by atoms with Crippen molar-refractivity contribution in [3.8, 4) is 5.75 Å². The van der Waals surface area contributed by atoms with Crippen LogP contribution in [0.3, 0.4) is 0 Å². The monoisotopic (exact) mass is 278 g/mol. The average molecular weight is 278 g/mol. The van der Waals surface area contributed by atoms with Crippen LogP contribution in [0.1, 0.15) is 22.3 Å². The van der Waals surface area contributed by atoms with E-state index in [0.717, 1.165) is 0 Å². The molecular formula is C11H6F4O4. The van der Waals surface area contributed by atoms with Crippen molar-refractivity contribution in [1.82, 2.24) is 0 Å². The fourth-order valence-corrected chi connectivity index (χ4v) is 1.70. The summed E-state index contributed by atoms with van der Waals surface area (Å²) in [7, 11) is 0. The Bertz CT molecular complexity index is 565. The summed E-state index contributed by atoms with van der Waals surface area (Å²) in [4.78, 5) is 22.2. The van der Waals surface area contributed by atoms with Crippen LogP contribution in [0.4, 0.5) is 17.6 Å². The number of fused-ring (bicyclic) bond motifs is 1. The Kier molecular flexibility index (Phi) is 2.95. The quantitative estimate of drug-likeness (QED) is 0.800. The lowest BCUT2D eigenvalue weighted by atomic mass is 9.98. The van der Waals surface area contributed by atoms with Gasteiger partial charge in [0.1, 0.15) is 11.6 Å². The maximum absolute atomic E-state index is 13.3. The number of hydrogen-bond acceptors (Lipinski definition) is 3. The average Bonchev–Trinajstić information content (AvgIpc) is 2.25. The van der Waals surface area contributed by atoms with Crippen LogP contribution in [0.15, 0.2) is 12.1 Å². The number of carboxylic acid groups (broad SMARTS) is 1. The topological polar surface area (TPSA) is 63.6 Å². The zero-order valence-electron chi connectivity index (χ0n) is 9.12. The summed E-state index contributed by atoms with van der Waals surface area (Å²) in [6, 6.07) is 0.718. The maximum atomic E-state index is 13.3. The van der Waals surface area contributed by atoms with E-state index in [0.29, 0.717) is 12.1 Å². The summed E-state index contributed by atoms with van der Waals surface area (Å²) < 4.78 is 55.4. The SMILES string of the molecule is O=C1C[C@H](C(=O)O)Oc2cc(F)c(C(F)(F)F)cc21. The largest absolute Gasteiger partial charge is 0.478 e. The van der Waals surface area contributed by atoms with Gasteiger partial charge in [-0.1, -0.05) is 0 Å². The molecule has 1 aliphatic heterocycles. The molecule has 0 spiro atoms. The molecule has 0 aromatic heterocycles. The number of ketones is 1. The zero-order valence-corrected chi connectivity index (χ0v) is 9.12. The van der Waals surface area contributed by atoms with E-state index in [1.165, 1.54) is 0 Å². The van der Waals surface area contributed by atoms with E-state index in [1.807, 2.05) is 0 Å². The number of benzene rings is 1. The number of rotatable bonds is 1. The van der Waals surface area contributed by atoms with Crippen molar-refractivity contribution in [2.24, 2.45) is 0 Å². The van der Waals surface area contributed by atoms with Crippen LogP contribution in [-0.4, -0.2) is 23.0 Å². The van der Waals surface area contributed by atoms with Crippen molar-refractivity contribution in [1.29, 1.82) is 0 Å². The number of halogens is 4. The van der Waals surface area contributed by atoms with Crippen LogP contribution in [-0.2, 0) is 11.0 Å². The van der Waals surface area contributed by atoms with Gasteiger partial charge in [-0.05, 0) is 6.07 Å². The van der Waals surface area contributed by atoms with Crippen molar-refractivity contribution in [3.05, 3.63) is 29.1 Å². The Morgan fingerprint density at radius 3 is 2.53 bits per heavy atom. The van der Waals surface area contributed by atoms with E-state index in [2.05, 4.69) is 0 Å². The molecule has 1 aliphatic rings. The minimum absolute atomic E-state index is 0.338. The van der Waals surface area contributed by atoms with E-state index in [-0.39, 0.29) is 0 Å². The minimum atomic E-state index is -4.94. The Morgan fingerprint density at radius 2 is 2.00 bits per heavy atom. The molecule has 0 radical (unpaired) electrons. The molecule has 0 aliphatic carbocycles. The molecule has 8 heteroatoms. The number of carbonyl (C=O) groups excluding carboxylic acids is 1. The number of ether oxygens (including phenoxy) is 1. The summed E-state index contributed by atoms with van der Waals surface area (Å²) in [5.41, 5.74) is -2.05. The van der Waals surface area contributed by atoms with Crippen molar-refractivity contribution < 1.29 is 37.0 Å². The Morgan fingerprint density at radius 1 is 1.37 bits per heavy atom. The third kappa shape index (κ3) is 2.38. The number of hydrogen-bond donors (Lipinski definition) is 1. The van der Waals surface area contributed by atoms with Gasteiger partial charge in [0.2, 0.25) is 6.10 Å². The van der Waals surface area contributed by atoms with Gasteiger partial charge in [0, 0.05) is 6.07 Å². The molecule has 4 nitrogen and oxygen atoms in total. The molecule has 0 unspecified atom stereocenters. The fourth-order valence-electron chi connectivity index (χ4n) is 1.70. The van der Waals surface area contributed by atoms with Gasteiger partial charge >= 0.3 is 12.1 Å². The first-order valence-corrected chi connectivity index (χ1v) is 5.03. The first kappa shape index (κ1) is 13.3. The predicted octanol–water partition coefficient (Wildman–Crippen LogP) is 2.26. The first-order chi connectivity index (χ1) is 8.70. The fraction of sp³-hybridized carbons (Fsp3) is 0.273. The van der Waals surface area contributed by atoms with E-state index >= 15 is 0 Å². The lowest BCUT2D eigenvalue weighted by molar-refractivity contribution is -0.145. The second kappa shape index (κ2) is 4.22. The van der Waals surface area contributed by atoms with Gasteiger partial charge in [0.15, 0.2) is 5.78 Å². The van der Waals surface area contributed by atoms with Crippen LogP contribution < -0.4 is 4.74 Å². The molecule has 1 aromatic carbocycles. The summed E-state index contributed by atoms with van der Waals surface area (Å²) in [5, 5.41) is 8.68. The molecule has 0 fully saturated rings. The minimum Gasteiger partial charge on any atom is -0.478 e. The summed E-state index contributed by atoms with van der Waals surface area (Å²) in [6.45, 7) is 0. The van der Waals surface area contributed by atoms with Crippen LogP contribution in [0.25, 0.3) is 0 Å². The summed E-state index contributed by atoms with van der Waals surface area (Å²) in [6.07, 6.45) is -7.05. The van der Waals surface area contributed by atoms with Gasteiger partial charge in [-0.3, -0.25) is 4.79 Å². The normalized spacial score (nSPS) is 18.7. The van der Waals surface area contributed by atoms with Gasteiger partial charge in [-0.15, -0.1) is 0 Å². The smallest absolute Gasteiger partial charge is 0.419 e. The highest BCUT2D eigenvalue weighted by atomic mass is 19.4. The molecule has 0 amide bonds. The van der Waals surface area contributed by atoms with Crippen LogP contribution in [0, 0.1) is 5.82 Å². The first-order valence-electron chi connectivity index (χ1n) is 5.03. The molecule has 2 rings (SSSR count). The zero-order chi connectivity index (χ0) is 14.4. The molecule has 1 heterocycles. The molecule has 1 atom stereocenters. The number of alkyl halides is 3. The molecule has 19 heavy (non-hydrogen) atoms. The highest BCUT2D eigenvalue weighted by Gasteiger charge is 2.38. The summed E-state index contributed by atoms with van der Waals surface area (Å²) in [5.74, 6) is -4.39. The Balaban J connectivity index is 2.51. The lowest BCUT2D eigenvalue weighted by Gasteiger charge is -2.23. The number of carboxylic acids is 1. The van der Waals surface area contributed by atoms with E-state index in [4.69, 9.17) is 9.84 Å². The molecular weight excluding hydrogens is 272 g/mol. The van der Waals surface area contributed by atoms with Crippen molar-refractivity contribution in [3.63, 3.8) is 0 Å². The highest BCUT2D eigenvalue weighted by molar-refractivity contribution is 6.02. The second-order valence-electron chi connectivity index (χ2n) is 3.90. The van der Waals surface area contributed by atoms with Crippen molar-refractivity contribution in [2.75, 3.05) is 0 Å². The van der Waals surface area contributed by atoms with Gasteiger partial charge in [-0.2, -0.15) is 13.2 Å². The lowest BCUT2D eigenvalue weighted by Crippen LogP contribution is -2.34. The standard InChI is InChI=1S/C11H6F4O4/c12-6-2-8-4(1-5(6)11(13,14)15)7(16)3-9(19-8)10(17)18/h1-2,9H,3H2,(H,17,18)/t9-/m1/s1. The van der Waals surface area contributed by atoms with Gasteiger partial charge < -0.3 is 9.84 Å². The molecule has 0 saturated heterocycles. The van der Waals surface area contributed by atoms with E-state index in [1.54, 1.807) is 0 Å². The molecule has 0 bridgehead atoms. The van der Waals surface area contributed by atoms with Crippen LogP contribution >= 0.6 is 0 Å². The number of carbonyl (C=O) groups is 2. The Hall–Kier alpha value is -2.12. The van der Waals surface area contributed by atoms with Crippen LogP contribution in [0.5, 0.6) is 5.75 Å². The van der Waals surface area contributed by atoms with Crippen molar-refractivity contribution in [2.45, 2.75) is 18.7 Å². The number of aliphatic carboxylic acids is 1. The molecule has 102 valence electrons. The van der Waals surface area contributed by atoms with Crippen molar-refractivity contribution >= 4 is 11.8 Å². The molecule has 0 saturated carbocycles. The third-order valence-corrected chi connectivity index (χ3v) is 2.59. The van der Waals surface area contributed by atoms with E-state index in [9.17, 15) is 27.2 Å². The van der Waals surface area contributed by atoms with Gasteiger partial charge in [-0.25, -0.2) is 9.18 Å². The second-order valence-corrected chi connectivity index (χ2v) is 3.90. The maximum Gasteiger partial charge on any atom is 0.419 e. The highest BCUT2D eigenvalue weighted by Crippen LogP contribution is 2.37. The number of Topliss-reactive ketones (excluding diaryl/α,β-unsaturated/α-hetero) is 1. The van der Waals surface area contributed by atoms with Crippen LogP contribution in [0.2, 0.25) is 0 Å².